The van der Waals surface area contributed by atoms with Crippen LogP contribution in [0.5, 0.6) is 5.75 Å². The molecule has 1 aromatic rings. The Morgan fingerprint density at radius 1 is 1.10 bits per heavy atom. The van der Waals surface area contributed by atoms with Crippen LogP contribution in [0.4, 0.5) is 3.09 Å². The summed E-state index contributed by atoms with van der Waals surface area (Å²) in [6.45, 7) is 11.5. The molecule has 1 aromatic carbocycles. The van der Waals surface area contributed by atoms with Gasteiger partial charge in [0.1, 0.15) is 0 Å². The Hall–Kier alpha value is 0.461. The molecular formula is C15H28Cl2FOSiTi. The van der Waals surface area contributed by atoms with Crippen LogP contribution in [-0.2, 0) is 23.5 Å². The summed E-state index contributed by atoms with van der Waals surface area (Å²) in [5.41, 5.74) is 2.45. The van der Waals surface area contributed by atoms with Gasteiger partial charge in [0.05, 0.1) is 0 Å². The van der Waals surface area contributed by atoms with E-state index in [0.29, 0.717) is 0 Å². The molecule has 0 fully saturated rings. The summed E-state index contributed by atoms with van der Waals surface area (Å²) in [5.74, 6) is 0.752. The Labute approximate surface area is 149 Å². The molecule has 0 saturated heterocycles. The molecule has 123 valence electrons. The molecule has 0 heterocycles. The number of rotatable bonds is 5. The second-order valence-corrected chi connectivity index (χ2v) is 16.2. The summed E-state index contributed by atoms with van der Waals surface area (Å²) in [5, 5.41) is 0. The molecule has 0 unspecified atom stereocenters. The molecule has 0 N–H and O–H groups in total. The van der Waals surface area contributed by atoms with E-state index in [-0.39, 0.29) is 30.2 Å². The minimum absolute atomic E-state index is 0. The van der Waals surface area contributed by atoms with Gasteiger partial charge < -0.3 is 0 Å². The number of aryl methyl sites for hydroxylation is 1. The van der Waals surface area contributed by atoms with Crippen LogP contribution in [0, 0.1) is 6.92 Å². The molecule has 6 heteroatoms. The first kappa shape index (κ1) is 23.7. The van der Waals surface area contributed by atoms with Crippen molar-refractivity contribution in [2.24, 2.45) is 0 Å². The molecule has 0 aliphatic carbocycles. The Morgan fingerprint density at radius 2 is 1.62 bits per heavy atom. The summed E-state index contributed by atoms with van der Waals surface area (Å²) < 4.78 is 20.1. The number of benzene rings is 1. The summed E-state index contributed by atoms with van der Waals surface area (Å²) in [6, 6.07) is 8.19. The average Bonchev–Trinajstić information content (AvgIpc) is 2.28. The Bertz CT molecular complexity index is 423. The molecule has 0 aromatic heterocycles. The van der Waals surface area contributed by atoms with E-state index >= 15 is 0 Å². The quantitative estimate of drug-likeness (QED) is 0.587. The van der Waals surface area contributed by atoms with Gasteiger partial charge in [-0.3, -0.25) is 0 Å². The van der Waals surface area contributed by atoms with Crippen molar-refractivity contribution in [1.82, 2.24) is 0 Å². The average molecular weight is 390 g/mol. The molecule has 0 spiro atoms. The van der Waals surface area contributed by atoms with Crippen LogP contribution in [0.1, 0.15) is 45.7 Å². The van der Waals surface area contributed by atoms with Crippen molar-refractivity contribution in [1.29, 1.82) is 0 Å². The minimum atomic E-state index is -2.78. The van der Waals surface area contributed by atoms with E-state index in [2.05, 4.69) is 47.6 Å². The zero-order valence-electron chi connectivity index (χ0n) is 13.8. The van der Waals surface area contributed by atoms with Crippen molar-refractivity contribution >= 4 is 31.5 Å². The number of halogens is 3. The molecule has 1 rings (SSSR count). The number of hydrogen-bond acceptors (Lipinski definition) is 1. The van der Waals surface area contributed by atoms with Crippen LogP contribution < -0.4 is 3.32 Å². The first-order valence-electron chi connectivity index (χ1n) is 7.10. The number of hydrogen-bond donors (Lipinski definition) is 0. The molecule has 0 saturated carbocycles. The first-order valence-corrected chi connectivity index (χ1v) is 13.2. The fraction of sp³-hybridized carbons (Fsp3) is 0.600. The van der Waals surface area contributed by atoms with Gasteiger partial charge in [-0.05, 0) is 0 Å². The van der Waals surface area contributed by atoms with E-state index in [9.17, 15) is 3.09 Å². The zero-order chi connectivity index (χ0) is 14.6. The first-order chi connectivity index (χ1) is 8.77. The predicted octanol–water partition coefficient (Wildman–Crippen LogP) is 5.70. The van der Waals surface area contributed by atoms with E-state index in [1.165, 1.54) is 5.56 Å². The Kier molecular flexibility index (Phi) is 11.6. The van der Waals surface area contributed by atoms with Crippen molar-refractivity contribution in [3.05, 3.63) is 29.3 Å². The Balaban J connectivity index is 0. The topological polar surface area (TPSA) is 9.23 Å². The van der Waals surface area contributed by atoms with Crippen LogP contribution in [0.3, 0.4) is 0 Å². The van der Waals surface area contributed by atoms with Gasteiger partial charge in [0.2, 0.25) is 0 Å². The maximum atomic E-state index is 14.3. The summed E-state index contributed by atoms with van der Waals surface area (Å²) in [7, 11) is 0. The van der Waals surface area contributed by atoms with Gasteiger partial charge in [0.15, 0.2) is 0 Å². The fourth-order valence-corrected chi connectivity index (χ4v) is 8.32. The van der Waals surface area contributed by atoms with Crippen molar-refractivity contribution in [2.75, 3.05) is 0 Å². The summed E-state index contributed by atoms with van der Waals surface area (Å²) in [4.78, 5) is 0. The molecule has 0 aliphatic rings. The van der Waals surface area contributed by atoms with Crippen LogP contribution in [0.15, 0.2) is 18.2 Å². The predicted molar refractivity (Wildman–Crippen MR) is 94.2 cm³/mol. The van der Waals surface area contributed by atoms with E-state index in [1.807, 2.05) is 12.1 Å². The van der Waals surface area contributed by atoms with Gasteiger partial charge in [-0.2, -0.15) is 0 Å². The van der Waals surface area contributed by atoms with E-state index in [4.69, 9.17) is 3.32 Å². The second-order valence-electron chi connectivity index (χ2n) is 6.20. The van der Waals surface area contributed by atoms with Gasteiger partial charge >= 0.3 is 125 Å². The maximum Gasteiger partial charge on any atom is -0.147 e. The molecule has 0 bridgehead atoms. The van der Waals surface area contributed by atoms with Gasteiger partial charge in [-0.15, -0.1) is 24.8 Å². The van der Waals surface area contributed by atoms with Crippen LogP contribution in [0.25, 0.3) is 0 Å². The molecule has 0 radical (unpaired) electrons. The van der Waals surface area contributed by atoms with Gasteiger partial charge in [0, 0.05) is 0 Å². The summed E-state index contributed by atoms with van der Waals surface area (Å²) in [6.07, 6.45) is 0. The van der Waals surface area contributed by atoms with E-state index < -0.39 is 24.7 Å². The van der Waals surface area contributed by atoms with Crippen LogP contribution >= 0.6 is 24.8 Å². The van der Waals surface area contributed by atoms with Crippen molar-refractivity contribution in [2.45, 2.75) is 59.0 Å². The minimum Gasteiger partial charge on any atom is -0.147 e. The van der Waals surface area contributed by atoms with Crippen molar-refractivity contribution < 1.29 is 24.5 Å². The largest absolute Gasteiger partial charge is 0.147 e. The van der Waals surface area contributed by atoms with Crippen molar-refractivity contribution in [3.8, 4) is 5.75 Å². The third-order valence-electron chi connectivity index (χ3n) is 3.44. The van der Waals surface area contributed by atoms with E-state index in [0.717, 1.165) is 23.4 Å². The molecule has 0 atom stereocenters. The molecule has 1 nitrogen and oxygen atoms in total. The molecular weight excluding hydrogens is 362 g/mol. The summed E-state index contributed by atoms with van der Waals surface area (Å²) >= 11 is -2.78. The fourth-order valence-electron chi connectivity index (χ4n) is 2.05. The monoisotopic (exact) mass is 389 g/mol. The zero-order valence-corrected chi connectivity index (χ0v) is 18.2. The maximum absolute atomic E-state index is 14.3. The van der Waals surface area contributed by atoms with Gasteiger partial charge in [-0.25, -0.2) is 0 Å². The van der Waals surface area contributed by atoms with Crippen LogP contribution in [-0.4, -0.2) is 6.66 Å². The third-order valence-corrected chi connectivity index (χ3v) is 14.0. The van der Waals surface area contributed by atoms with Crippen LogP contribution in [0.2, 0.25) is 12.1 Å². The molecule has 0 amide bonds. The third kappa shape index (κ3) is 7.52. The van der Waals surface area contributed by atoms with E-state index in [1.54, 1.807) is 0 Å². The smallest absolute Gasteiger partial charge is 0.147 e. The normalized spacial score (nSPS) is 10.7. The molecule has 0 aliphatic heterocycles. The standard InChI is InChI=1S/C11H16O.C4H11Si.2ClH.FH.Ti/c1-8-5-9(11(2,3)4)7-10(12)6-8;1-3-5-4-2;;;;/h5-7,12H,1-4H3;5H,3-4H2,1-2H3;3*1H;/q;;;;;+2/p-2. The van der Waals surface area contributed by atoms with Gasteiger partial charge in [-0.1, -0.05) is 0 Å². The second kappa shape index (κ2) is 10.3. The van der Waals surface area contributed by atoms with Gasteiger partial charge in [0.25, 0.3) is 0 Å². The molecule has 21 heavy (non-hydrogen) atoms. The SMILES string of the molecule is CC[SiH](CC)[Ti]([F])[O]c1cc(C)cc(C(C)(C)C)c1.Cl.Cl. The Morgan fingerprint density at radius 3 is 2.05 bits per heavy atom. The van der Waals surface area contributed by atoms with Crippen molar-refractivity contribution in [3.63, 3.8) is 0 Å².